The van der Waals surface area contributed by atoms with Crippen LogP contribution in [0.15, 0.2) is 42.7 Å². The van der Waals surface area contributed by atoms with Gasteiger partial charge in [-0.1, -0.05) is 30.3 Å². The van der Waals surface area contributed by atoms with E-state index in [2.05, 4.69) is 9.97 Å². The Kier molecular flexibility index (Phi) is 5.74. The van der Waals surface area contributed by atoms with Gasteiger partial charge in [-0.25, -0.2) is 18.4 Å². The summed E-state index contributed by atoms with van der Waals surface area (Å²) >= 11 is 0. The monoisotopic (exact) mass is 388 g/mol. The van der Waals surface area contributed by atoms with E-state index in [-0.39, 0.29) is 29.1 Å². The van der Waals surface area contributed by atoms with E-state index in [1.165, 1.54) is 12.4 Å². The number of sulfone groups is 1. The van der Waals surface area contributed by atoms with Crippen LogP contribution in [-0.2, 0) is 16.4 Å². The molecule has 0 bridgehead atoms. The lowest BCUT2D eigenvalue weighted by atomic mass is 10.2. The van der Waals surface area contributed by atoms with Crippen molar-refractivity contribution >= 4 is 21.6 Å². The van der Waals surface area contributed by atoms with E-state index in [0.29, 0.717) is 25.3 Å². The van der Waals surface area contributed by atoms with Crippen molar-refractivity contribution in [2.75, 3.05) is 30.0 Å². The smallest absolute Gasteiger partial charge is 0.274 e. The summed E-state index contributed by atoms with van der Waals surface area (Å²) in [4.78, 5) is 24.9. The molecule has 0 N–H and O–H groups in total. The van der Waals surface area contributed by atoms with E-state index in [1.807, 2.05) is 49.2 Å². The zero-order chi connectivity index (χ0) is 19.4. The first-order chi connectivity index (χ1) is 12.9. The average Bonchev–Trinajstić information content (AvgIpc) is 3.05. The van der Waals surface area contributed by atoms with Crippen LogP contribution in [0.5, 0.6) is 0 Å². The first-order valence-corrected chi connectivity index (χ1v) is 10.8. The van der Waals surface area contributed by atoms with Crippen molar-refractivity contribution in [2.24, 2.45) is 0 Å². The standard InChI is InChI=1S/C19H24N4O3S/c1-3-23(13-15-7-5-4-6-8-15)19(24)17-11-21-18(12-20-17)22(2)16-9-10-27(25,26)14-16/h4-8,11-12,16H,3,9-10,13-14H2,1-2H3. The molecule has 1 aromatic carbocycles. The van der Waals surface area contributed by atoms with Crippen molar-refractivity contribution in [3.63, 3.8) is 0 Å². The highest BCUT2D eigenvalue weighted by Crippen LogP contribution is 2.21. The summed E-state index contributed by atoms with van der Waals surface area (Å²) < 4.78 is 23.3. The van der Waals surface area contributed by atoms with Gasteiger partial charge in [-0.2, -0.15) is 0 Å². The molecule has 0 spiro atoms. The third kappa shape index (κ3) is 4.63. The van der Waals surface area contributed by atoms with Crippen LogP contribution in [0.4, 0.5) is 5.82 Å². The Balaban J connectivity index is 1.69. The van der Waals surface area contributed by atoms with Crippen LogP contribution >= 0.6 is 0 Å². The van der Waals surface area contributed by atoms with Crippen molar-refractivity contribution in [1.82, 2.24) is 14.9 Å². The van der Waals surface area contributed by atoms with Crippen molar-refractivity contribution in [3.05, 3.63) is 54.0 Å². The molecule has 1 amide bonds. The summed E-state index contributed by atoms with van der Waals surface area (Å²) in [5.41, 5.74) is 1.34. The van der Waals surface area contributed by atoms with Gasteiger partial charge in [0.15, 0.2) is 9.84 Å². The summed E-state index contributed by atoms with van der Waals surface area (Å²) in [6, 6.07) is 9.70. The van der Waals surface area contributed by atoms with Crippen LogP contribution in [0.1, 0.15) is 29.4 Å². The molecule has 8 heteroatoms. The van der Waals surface area contributed by atoms with E-state index in [1.54, 1.807) is 4.90 Å². The minimum atomic E-state index is -2.97. The lowest BCUT2D eigenvalue weighted by molar-refractivity contribution is 0.0746. The number of nitrogens with zero attached hydrogens (tertiary/aromatic N) is 4. The molecular formula is C19H24N4O3S. The number of aromatic nitrogens is 2. The number of anilines is 1. The van der Waals surface area contributed by atoms with Gasteiger partial charge in [0.25, 0.3) is 5.91 Å². The number of hydrogen-bond acceptors (Lipinski definition) is 6. The molecule has 1 unspecified atom stereocenters. The Morgan fingerprint density at radius 1 is 1.19 bits per heavy atom. The molecule has 0 aliphatic carbocycles. The fourth-order valence-corrected chi connectivity index (χ4v) is 4.95. The average molecular weight is 388 g/mol. The Hall–Kier alpha value is -2.48. The second kappa shape index (κ2) is 8.04. The SMILES string of the molecule is CCN(Cc1ccccc1)C(=O)c1cnc(N(C)C2CCS(=O)(=O)C2)cn1. The van der Waals surface area contributed by atoms with Crippen LogP contribution in [-0.4, -0.2) is 60.3 Å². The maximum atomic E-state index is 12.7. The van der Waals surface area contributed by atoms with Crippen LogP contribution < -0.4 is 4.90 Å². The Labute approximate surface area is 160 Å². The fourth-order valence-electron chi connectivity index (χ4n) is 3.17. The number of amides is 1. The summed E-state index contributed by atoms with van der Waals surface area (Å²) in [6.45, 7) is 3.01. The third-order valence-electron chi connectivity index (χ3n) is 4.86. The normalized spacial score (nSPS) is 18.2. The fraction of sp³-hybridized carbons (Fsp3) is 0.421. The van der Waals surface area contributed by atoms with Crippen molar-refractivity contribution < 1.29 is 13.2 Å². The Bertz CT molecular complexity index is 885. The van der Waals surface area contributed by atoms with Crippen LogP contribution in [0.25, 0.3) is 0 Å². The predicted octanol–water partition coefficient (Wildman–Crippen LogP) is 1.76. The van der Waals surface area contributed by atoms with Crippen molar-refractivity contribution in [2.45, 2.75) is 25.9 Å². The van der Waals surface area contributed by atoms with Crippen molar-refractivity contribution in [1.29, 1.82) is 0 Å². The van der Waals surface area contributed by atoms with Gasteiger partial charge in [0, 0.05) is 26.2 Å². The van der Waals surface area contributed by atoms with E-state index in [4.69, 9.17) is 0 Å². The minimum Gasteiger partial charge on any atom is -0.354 e. The molecule has 3 rings (SSSR count). The first-order valence-electron chi connectivity index (χ1n) is 8.98. The summed E-state index contributed by atoms with van der Waals surface area (Å²) in [5.74, 6) is 0.731. The van der Waals surface area contributed by atoms with E-state index < -0.39 is 9.84 Å². The zero-order valence-corrected chi connectivity index (χ0v) is 16.4. The zero-order valence-electron chi connectivity index (χ0n) is 15.6. The molecule has 1 aliphatic heterocycles. The number of hydrogen-bond donors (Lipinski definition) is 0. The van der Waals surface area contributed by atoms with E-state index in [9.17, 15) is 13.2 Å². The molecule has 1 fully saturated rings. The first kappa shape index (κ1) is 19.3. The van der Waals surface area contributed by atoms with E-state index in [0.717, 1.165) is 5.56 Å². The molecule has 2 aromatic rings. The second-order valence-corrected chi connectivity index (χ2v) is 8.96. The molecule has 0 saturated carbocycles. The Morgan fingerprint density at radius 3 is 2.48 bits per heavy atom. The van der Waals surface area contributed by atoms with Gasteiger partial charge in [0.1, 0.15) is 11.5 Å². The maximum absolute atomic E-state index is 12.7. The van der Waals surface area contributed by atoms with Crippen LogP contribution in [0.2, 0.25) is 0 Å². The van der Waals surface area contributed by atoms with Gasteiger partial charge in [-0.05, 0) is 18.9 Å². The van der Waals surface area contributed by atoms with Crippen molar-refractivity contribution in [3.8, 4) is 0 Å². The molecule has 1 aromatic heterocycles. The lowest BCUT2D eigenvalue weighted by Gasteiger charge is -2.24. The molecule has 1 atom stereocenters. The minimum absolute atomic E-state index is 0.101. The molecular weight excluding hydrogens is 364 g/mol. The van der Waals surface area contributed by atoms with Gasteiger partial charge in [-0.15, -0.1) is 0 Å². The predicted molar refractivity (Wildman–Crippen MR) is 104 cm³/mol. The third-order valence-corrected chi connectivity index (χ3v) is 6.61. The lowest BCUT2D eigenvalue weighted by Crippen LogP contribution is -2.34. The summed E-state index contributed by atoms with van der Waals surface area (Å²) in [5, 5.41) is 0. The molecule has 1 saturated heterocycles. The highest BCUT2D eigenvalue weighted by Gasteiger charge is 2.31. The van der Waals surface area contributed by atoms with Crippen LogP contribution in [0, 0.1) is 0 Å². The highest BCUT2D eigenvalue weighted by molar-refractivity contribution is 7.91. The van der Waals surface area contributed by atoms with Crippen LogP contribution in [0.3, 0.4) is 0 Å². The van der Waals surface area contributed by atoms with Gasteiger partial charge in [-0.3, -0.25) is 4.79 Å². The second-order valence-electron chi connectivity index (χ2n) is 6.73. The molecule has 1 aliphatic rings. The Morgan fingerprint density at radius 2 is 1.93 bits per heavy atom. The number of benzene rings is 1. The molecule has 2 heterocycles. The van der Waals surface area contributed by atoms with Gasteiger partial charge in [0.05, 0.1) is 23.9 Å². The van der Waals surface area contributed by atoms with Gasteiger partial charge >= 0.3 is 0 Å². The molecule has 27 heavy (non-hydrogen) atoms. The quantitative estimate of drug-likeness (QED) is 0.750. The van der Waals surface area contributed by atoms with Gasteiger partial charge < -0.3 is 9.80 Å². The van der Waals surface area contributed by atoms with Gasteiger partial charge in [0.2, 0.25) is 0 Å². The molecule has 144 valence electrons. The number of carbonyl (C=O) groups is 1. The topological polar surface area (TPSA) is 83.5 Å². The number of rotatable bonds is 6. The largest absolute Gasteiger partial charge is 0.354 e. The maximum Gasteiger partial charge on any atom is 0.274 e. The van der Waals surface area contributed by atoms with E-state index >= 15 is 0 Å². The summed E-state index contributed by atoms with van der Waals surface area (Å²) in [6.07, 6.45) is 3.59. The molecule has 7 nitrogen and oxygen atoms in total. The number of carbonyl (C=O) groups excluding carboxylic acids is 1. The highest BCUT2D eigenvalue weighted by atomic mass is 32.2. The molecule has 0 radical (unpaired) electrons. The summed E-state index contributed by atoms with van der Waals surface area (Å²) in [7, 11) is -1.15.